The third-order valence-corrected chi connectivity index (χ3v) is 6.46. The third-order valence-electron chi connectivity index (χ3n) is 5.69. The normalized spacial score (nSPS) is 17.4. The molecule has 9 heteroatoms. The third kappa shape index (κ3) is 3.70. The van der Waals surface area contributed by atoms with Crippen LogP contribution in [-0.2, 0) is 0 Å². The van der Waals surface area contributed by atoms with E-state index in [1.54, 1.807) is 10.6 Å². The Morgan fingerprint density at radius 1 is 1.19 bits per heavy atom. The van der Waals surface area contributed by atoms with E-state index in [9.17, 15) is 9.18 Å². The van der Waals surface area contributed by atoms with Gasteiger partial charge in [-0.2, -0.15) is 0 Å². The maximum absolute atomic E-state index is 13.6. The van der Waals surface area contributed by atoms with Crippen molar-refractivity contribution in [1.29, 1.82) is 0 Å². The molecule has 3 aromatic heterocycles. The maximum atomic E-state index is 13.6. The predicted molar refractivity (Wildman–Crippen MR) is 117 cm³/mol. The van der Waals surface area contributed by atoms with E-state index in [2.05, 4.69) is 20.2 Å². The largest absolute Gasteiger partial charge is 0.334 e. The molecular formula is C22H21FN6OS. The number of hydrogen-bond acceptors (Lipinski definition) is 6. The molecule has 4 heterocycles. The zero-order valence-corrected chi connectivity index (χ0v) is 18.0. The average molecular weight is 437 g/mol. The van der Waals surface area contributed by atoms with Crippen LogP contribution in [0.15, 0.2) is 48.0 Å². The number of aromatic nitrogens is 4. The summed E-state index contributed by atoms with van der Waals surface area (Å²) in [6, 6.07) is 10.3. The summed E-state index contributed by atoms with van der Waals surface area (Å²) in [6.45, 7) is 3.80. The van der Waals surface area contributed by atoms with Crippen LogP contribution in [-0.4, -0.2) is 62.2 Å². The van der Waals surface area contributed by atoms with E-state index in [1.807, 2.05) is 48.6 Å². The fraction of sp³-hybridized carbons (Fsp3) is 0.273. The Kier molecular flexibility index (Phi) is 4.99. The van der Waals surface area contributed by atoms with Crippen LogP contribution in [0.25, 0.3) is 16.6 Å². The van der Waals surface area contributed by atoms with Crippen LogP contribution in [0.1, 0.15) is 27.2 Å². The smallest absolute Gasteiger partial charge is 0.273 e. The Hall–Kier alpha value is -3.17. The minimum atomic E-state index is -0.277. The van der Waals surface area contributed by atoms with Gasteiger partial charge in [0.15, 0.2) is 0 Å². The number of benzene rings is 1. The van der Waals surface area contributed by atoms with Crippen molar-refractivity contribution in [2.75, 3.05) is 26.7 Å². The SMILES string of the molecule is Cc1nc(C(=O)N2CCN(C)[C@@H](c3nnn4cc(-c5cccc(F)c5)ccc34)C2)cs1. The Labute approximate surface area is 182 Å². The first kappa shape index (κ1) is 19.8. The van der Waals surface area contributed by atoms with E-state index in [0.717, 1.165) is 33.9 Å². The van der Waals surface area contributed by atoms with Gasteiger partial charge in [0.1, 0.15) is 17.2 Å². The lowest BCUT2D eigenvalue weighted by atomic mass is 10.1. The minimum absolute atomic E-state index is 0.0488. The number of hydrogen-bond donors (Lipinski definition) is 0. The summed E-state index contributed by atoms with van der Waals surface area (Å²) in [7, 11) is 2.03. The molecule has 1 amide bonds. The molecular weight excluding hydrogens is 415 g/mol. The Morgan fingerprint density at radius 2 is 2.06 bits per heavy atom. The van der Waals surface area contributed by atoms with Crippen LogP contribution in [0.4, 0.5) is 4.39 Å². The molecule has 0 N–H and O–H groups in total. The van der Waals surface area contributed by atoms with Gasteiger partial charge in [0, 0.05) is 36.8 Å². The molecule has 1 atom stereocenters. The van der Waals surface area contributed by atoms with E-state index in [-0.39, 0.29) is 17.8 Å². The monoisotopic (exact) mass is 436 g/mol. The topological polar surface area (TPSA) is 66.6 Å². The van der Waals surface area contributed by atoms with Gasteiger partial charge in [-0.05, 0) is 37.7 Å². The standard InChI is InChI=1S/C22H21FN6OS/c1-14-24-18(13-31-14)22(30)28-9-8-27(2)20(12-28)21-19-7-6-16(11-29(19)26-25-21)15-4-3-5-17(23)10-15/h3-7,10-11,13,20H,8-9,12H2,1-2H3/t20-/m1/s1. The van der Waals surface area contributed by atoms with Crippen molar-refractivity contribution in [3.05, 3.63) is 70.2 Å². The van der Waals surface area contributed by atoms with Crippen LogP contribution in [0, 0.1) is 12.7 Å². The molecule has 0 radical (unpaired) electrons. The highest BCUT2D eigenvalue weighted by Gasteiger charge is 2.32. The number of amides is 1. The molecule has 158 valence electrons. The lowest BCUT2D eigenvalue weighted by molar-refractivity contribution is 0.0537. The number of thiazole rings is 1. The molecule has 5 rings (SSSR count). The van der Waals surface area contributed by atoms with Crippen molar-refractivity contribution in [2.24, 2.45) is 0 Å². The van der Waals surface area contributed by atoms with Gasteiger partial charge in [0.2, 0.25) is 0 Å². The van der Waals surface area contributed by atoms with E-state index < -0.39 is 0 Å². The van der Waals surface area contributed by atoms with Crippen LogP contribution >= 0.6 is 11.3 Å². The van der Waals surface area contributed by atoms with Gasteiger partial charge >= 0.3 is 0 Å². The molecule has 7 nitrogen and oxygen atoms in total. The van der Waals surface area contributed by atoms with Gasteiger partial charge < -0.3 is 4.90 Å². The number of halogens is 1. The second-order valence-electron chi connectivity index (χ2n) is 7.73. The highest BCUT2D eigenvalue weighted by atomic mass is 32.1. The zero-order valence-electron chi connectivity index (χ0n) is 17.2. The fourth-order valence-corrected chi connectivity index (χ4v) is 4.55. The second kappa shape index (κ2) is 7.82. The first-order valence-electron chi connectivity index (χ1n) is 10.0. The van der Waals surface area contributed by atoms with Crippen molar-refractivity contribution in [3.8, 4) is 11.1 Å². The highest BCUT2D eigenvalue weighted by molar-refractivity contribution is 7.09. The van der Waals surface area contributed by atoms with Crippen molar-refractivity contribution in [3.63, 3.8) is 0 Å². The maximum Gasteiger partial charge on any atom is 0.273 e. The number of piperazine rings is 1. The zero-order chi connectivity index (χ0) is 21.5. The number of pyridine rings is 1. The summed E-state index contributed by atoms with van der Waals surface area (Å²) >= 11 is 1.48. The summed E-state index contributed by atoms with van der Waals surface area (Å²) in [6.07, 6.45) is 1.85. The van der Waals surface area contributed by atoms with Crippen LogP contribution < -0.4 is 0 Å². The molecule has 1 aliphatic heterocycles. The number of carbonyl (C=O) groups excluding carboxylic acids is 1. The van der Waals surface area contributed by atoms with E-state index in [1.165, 1.54) is 23.5 Å². The van der Waals surface area contributed by atoms with Crippen LogP contribution in [0.5, 0.6) is 0 Å². The fourth-order valence-electron chi connectivity index (χ4n) is 3.97. The molecule has 0 bridgehead atoms. The number of carbonyl (C=O) groups is 1. The second-order valence-corrected chi connectivity index (χ2v) is 8.79. The number of rotatable bonds is 3. The summed E-state index contributed by atoms with van der Waals surface area (Å²) in [5, 5.41) is 11.4. The molecule has 31 heavy (non-hydrogen) atoms. The van der Waals surface area contributed by atoms with Crippen LogP contribution in [0.2, 0.25) is 0 Å². The molecule has 1 aromatic carbocycles. The van der Waals surface area contributed by atoms with E-state index in [4.69, 9.17) is 0 Å². The molecule has 1 saturated heterocycles. The highest BCUT2D eigenvalue weighted by Crippen LogP contribution is 2.28. The molecule has 1 aliphatic rings. The summed E-state index contributed by atoms with van der Waals surface area (Å²) < 4.78 is 15.3. The molecule has 0 spiro atoms. The quantitative estimate of drug-likeness (QED) is 0.492. The Balaban J connectivity index is 1.44. The van der Waals surface area contributed by atoms with E-state index in [0.29, 0.717) is 18.8 Å². The Morgan fingerprint density at radius 3 is 2.84 bits per heavy atom. The van der Waals surface area contributed by atoms with Gasteiger partial charge in [0.05, 0.1) is 16.6 Å². The van der Waals surface area contributed by atoms with Gasteiger partial charge in [-0.15, -0.1) is 16.4 Å². The van der Waals surface area contributed by atoms with E-state index >= 15 is 0 Å². The first-order chi connectivity index (χ1) is 15.0. The van der Waals surface area contributed by atoms with Gasteiger partial charge in [-0.3, -0.25) is 9.69 Å². The lowest BCUT2D eigenvalue weighted by Gasteiger charge is -2.38. The molecule has 1 fully saturated rings. The number of nitrogens with zero attached hydrogens (tertiary/aromatic N) is 6. The van der Waals surface area contributed by atoms with Gasteiger partial charge in [-0.25, -0.2) is 13.9 Å². The lowest BCUT2D eigenvalue weighted by Crippen LogP contribution is -2.49. The number of aryl methyl sites for hydroxylation is 1. The molecule has 0 unspecified atom stereocenters. The van der Waals surface area contributed by atoms with Crippen molar-refractivity contribution < 1.29 is 9.18 Å². The first-order valence-corrected chi connectivity index (χ1v) is 10.9. The van der Waals surface area contributed by atoms with Crippen LogP contribution in [0.3, 0.4) is 0 Å². The average Bonchev–Trinajstić information content (AvgIpc) is 3.39. The Bertz CT molecular complexity index is 1270. The van der Waals surface area contributed by atoms with Gasteiger partial charge in [-0.1, -0.05) is 23.4 Å². The molecule has 4 aromatic rings. The summed E-state index contributed by atoms with van der Waals surface area (Å²) in [5.41, 5.74) is 3.83. The van der Waals surface area contributed by atoms with Gasteiger partial charge in [0.25, 0.3) is 5.91 Å². The van der Waals surface area contributed by atoms with Crippen molar-refractivity contribution >= 4 is 22.8 Å². The van der Waals surface area contributed by atoms with Crippen molar-refractivity contribution in [1.82, 2.24) is 29.6 Å². The number of likely N-dealkylation sites (N-methyl/N-ethyl adjacent to an activating group) is 1. The minimum Gasteiger partial charge on any atom is -0.334 e. The summed E-state index contributed by atoms with van der Waals surface area (Å²) in [4.78, 5) is 21.3. The molecule has 0 saturated carbocycles. The van der Waals surface area contributed by atoms with Crippen molar-refractivity contribution in [2.45, 2.75) is 13.0 Å². The summed E-state index contributed by atoms with van der Waals surface area (Å²) in [5.74, 6) is -0.326. The predicted octanol–water partition coefficient (Wildman–Crippen LogP) is 3.43. The number of fused-ring (bicyclic) bond motifs is 1. The molecule has 0 aliphatic carbocycles.